The van der Waals surface area contributed by atoms with Crippen LogP contribution in [0.25, 0.3) is 0 Å². The predicted molar refractivity (Wildman–Crippen MR) is 41.4 cm³/mol. The van der Waals surface area contributed by atoms with Crippen LogP contribution in [0.5, 0.6) is 5.75 Å². The summed E-state index contributed by atoms with van der Waals surface area (Å²) in [5.74, 6) is -0.261. The Morgan fingerprint density at radius 2 is 1.77 bits per heavy atom. The number of hydrogen-bond donors (Lipinski definition) is 1. The van der Waals surface area contributed by atoms with Crippen LogP contribution in [0.1, 0.15) is 10.4 Å². The van der Waals surface area contributed by atoms with E-state index in [-0.39, 0.29) is 40.8 Å². The Kier molecular flexibility index (Phi) is 7.95. The maximum Gasteiger partial charge on any atom is 1.00 e. The molecule has 0 spiro atoms. The Balaban J connectivity index is 0. The molecule has 0 aliphatic carbocycles. The molecular weight excluding hydrogens is 183 g/mol. The summed E-state index contributed by atoms with van der Waals surface area (Å²) >= 11 is 0. The van der Waals surface area contributed by atoms with Crippen LogP contribution in [0.15, 0.2) is 24.3 Å². The molecule has 1 aromatic carbocycles. The number of phenolic OH excluding ortho intramolecular Hbond substituents is 1. The summed E-state index contributed by atoms with van der Waals surface area (Å²) in [4.78, 5) is 10.8. The van der Waals surface area contributed by atoms with E-state index in [2.05, 4.69) is 4.74 Å². The number of esters is 1. The molecule has 0 radical (unpaired) electrons. The second kappa shape index (κ2) is 6.91. The Hall–Kier alpha value is -0.550. The van der Waals surface area contributed by atoms with Gasteiger partial charge < -0.3 is 15.3 Å². The number of methoxy groups -OCH3 is 1. The van der Waals surface area contributed by atoms with Crippen LogP contribution in [-0.2, 0) is 4.74 Å². The van der Waals surface area contributed by atoms with Crippen LogP contribution < -0.4 is 29.6 Å². The minimum atomic E-state index is -0.398. The fourth-order valence-corrected chi connectivity index (χ4v) is 0.715. The molecule has 0 unspecified atom stereocenters. The van der Waals surface area contributed by atoms with E-state index in [0.717, 1.165) is 0 Å². The van der Waals surface area contributed by atoms with Crippen molar-refractivity contribution in [3.05, 3.63) is 29.8 Å². The second-order valence-corrected chi connectivity index (χ2v) is 2.04. The van der Waals surface area contributed by atoms with Gasteiger partial charge in [-0.15, -0.1) is 0 Å². The van der Waals surface area contributed by atoms with Gasteiger partial charge in [-0.2, -0.15) is 0 Å². The van der Waals surface area contributed by atoms with E-state index in [0.29, 0.717) is 5.56 Å². The zero-order valence-corrected chi connectivity index (χ0v) is 9.52. The molecule has 0 bridgehead atoms. The number of rotatable bonds is 1. The second-order valence-electron chi connectivity index (χ2n) is 2.04. The molecule has 0 saturated carbocycles. The average molecular weight is 192 g/mol. The standard InChI is InChI=1S/C8H8O3.Na.H2O/c1-11-8(10)6-2-4-7(9)5-3-6;;/h2-5,9H,1H3;;1H2/q;+1;/p-1. The third-order valence-corrected chi connectivity index (χ3v) is 1.29. The first-order valence-corrected chi connectivity index (χ1v) is 3.11. The van der Waals surface area contributed by atoms with Gasteiger partial charge in [0.15, 0.2) is 0 Å². The summed E-state index contributed by atoms with van der Waals surface area (Å²) in [6.07, 6.45) is 0. The van der Waals surface area contributed by atoms with Gasteiger partial charge in [0, 0.05) is 0 Å². The Morgan fingerprint density at radius 3 is 2.15 bits per heavy atom. The van der Waals surface area contributed by atoms with Crippen LogP contribution in [0.3, 0.4) is 0 Å². The van der Waals surface area contributed by atoms with Crippen LogP contribution in [0.4, 0.5) is 0 Å². The molecule has 0 fully saturated rings. The van der Waals surface area contributed by atoms with Crippen molar-refractivity contribution in [3.63, 3.8) is 0 Å². The number of benzene rings is 1. The summed E-state index contributed by atoms with van der Waals surface area (Å²) in [5.41, 5.74) is 0.435. The van der Waals surface area contributed by atoms with E-state index in [1.807, 2.05) is 0 Å². The number of ether oxygens (including phenoxy) is 1. The van der Waals surface area contributed by atoms with Crippen molar-refractivity contribution in [2.75, 3.05) is 7.11 Å². The van der Waals surface area contributed by atoms with Crippen molar-refractivity contribution in [2.45, 2.75) is 0 Å². The molecule has 5 heteroatoms. The average Bonchev–Trinajstić information content (AvgIpc) is 2.05. The molecule has 0 atom stereocenters. The molecule has 0 aliphatic rings. The van der Waals surface area contributed by atoms with E-state index in [4.69, 9.17) is 5.11 Å². The van der Waals surface area contributed by atoms with E-state index in [1.54, 1.807) is 0 Å². The molecular formula is C8H9NaO4. The van der Waals surface area contributed by atoms with Crippen molar-refractivity contribution < 1.29 is 49.7 Å². The summed E-state index contributed by atoms with van der Waals surface area (Å²) in [6, 6.07) is 5.88. The first kappa shape index (κ1) is 14.9. The molecule has 66 valence electrons. The van der Waals surface area contributed by atoms with Crippen molar-refractivity contribution in [1.82, 2.24) is 0 Å². The third-order valence-electron chi connectivity index (χ3n) is 1.29. The van der Waals surface area contributed by atoms with Crippen molar-refractivity contribution in [2.24, 2.45) is 0 Å². The molecule has 4 nitrogen and oxygen atoms in total. The first-order chi connectivity index (χ1) is 5.24. The van der Waals surface area contributed by atoms with Gasteiger partial charge in [0.25, 0.3) is 0 Å². The minimum Gasteiger partial charge on any atom is -0.870 e. The van der Waals surface area contributed by atoms with Gasteiger partial charge in [-0.25, -0.2) is 4.79 Å². The zero-order valence-electron chi connectivity index (χ0n) is 7.52. The van der Waals surface area contributed by atoms with Gasteiger partial charge in [-0.05, 0) is 24.3 Å². The topological polar surface area (TPSA) is 76.5 Å². The van der Waals surface area contributed by atoms with E-state index < -0.39 is 5.97 Å². The molecule has 0 aromatic heterocycles. The summed E-state index contributed by atoms with van der Waals surface area (Å²) in [7, 11) is 1.31. The van der Waals surface area contributed by atoms with Crippen LogP contribution >= 0.6 is 0 Å². The van der Waals surface area contributed by atoms with Gasteiger partial charge in [-0.1, -0.05) is 0 Å². The quantitative estimate of drug-likeness (QED) is 0.412. The van der Waals surface area contributed by atoms with Crippen molar-refractivity contribution >= 4 is 5.97 Å². The van der Waals surface area contributed by atoms with E-state index >= 15 is 0 Å². The predicted octanol–water partition coefficient (Wildman–Crippen LogP) is -1.99. The number of hydrogen-bond acceptors (Lipinski definition) is 4. The summed E-state index contributed by atoms with van der Waals surface area (Å²) < 4.78 is 4.46. The molecule has 13 heavy (non-hydrogen) atoms. The maximum absolute atomic E-state index is 10.8. The summed E-state index contributed by atoms with van der Waals surface area (Å²) in [5, 5.41) is 8.86. The van der Waals surface area contributed by atoms with Gasteiger partial charge >= 0.3 is 35.5 Å². The number of phenols is 1. The Morgan fingerprint density at radius 1 is 1.31 bits per heavy atom. The fraction of sp³-hybridized carbons (Fsp3) is 0.125. The molecule has 0 heterocycles. The normalized spacial score (nSPS) is 7.77. The van der Waals surface area contributed by atoms with Gasteiger partial charge in [0.2, 0.25) is 0 Å². The third kappa shape index (κ3) is 4.28. The maximum atomic E-state index is 10.8. The van der Waals surface area contributed by atoms with Crippen LogP contribution in [0, 0.1) is 0 Å². The van der Waals surface area contributed by atoms with Gasteiger partial charge in [-0.3, -0.25) is 0 Å². The largest absolute Gasteiger partial charge is 1.00 e. The molecule has 0 amide bonds. The van der Waals surface area contributed by atoms with Crippen molar-refractivity contribution in [3.8, 4) is 5.75 Å². The molecule has 2 N–H and O–H groups in total. The number of carbonyl (C=O) groups is 1. The fourth-order valence-electron chi connectivity index (χ4n) is 0.715. The number of aromatic hydroxyl groups is 1. The first-order valence-electron chi connectivity index (χ1n) is 3.11. The molecule has 1 rings (SSSR count). The van der Waals surface area contributed by atoms with Crippen molar-refractivity contribution in [1.29, 1.82) is 0 Å². The van der Waals surface area contributed by atoms with Gasteiger partial charge in [0.1, 0.15) is 5.75 Å². The Labute approximate surface area is 98.1 Å². The van der Waals surface area contributed by atoms with Gasteiger partial charge in [0.05, 0.1) is 12.7 Å². The monoisotopic (exact) mass is 192 g/mol. The zero-order chi connectivity index (χ0) is 8.27. The molecule has 0 saturated heterocycles. The van der Waals surface area contributed by atoms with Crippen LogP contribution in [-0.4, -0.2) is 23.7 Å². The van der Waals surface area contributed by atoms with Crippen LogP contribution in [0.2, 0.25) is 0 Å². The van der Waals surface area contributed by atoms with E-state index in [1.165, 1.54) is 31.4 Å². The molecule has 1 aromatic rings. The SMILES string of the molecule is COC(=O)c1ccc(O)cc1.[Na+].[OH-]. The van der Waals surface area contributed by atoms with E-state index in [9.17, 15) is 4.79 Å². The smallest absolute Gasteiger partial charge is 0.870 e. The Bertz CT molecular complexity index is 257. The minimum absolute atomic E-state index is 0. The summed E-state index contributed by atoms with van der Waals surface area (Å²) in [6.45, 7) is 0. The number of carbonyl (C=O) groups excluding carboxylic acids is 1. The molecule has 0 aliphatic heterocycles.